The minimum Gasteiger partial charge on any atom is -0.365 e. The van der Waals surface area contributed by atoms with E-state index < -0.39 is 0 Å². The van der Waals surface area contributed by atoms with Crippen LogP contribution in [0.3, 0.4) is 0 Å². The first-order valence-electron chi connectivity index (χ1n) is 8.80. The normalized spacial score (nSPS) is 31.1. The van der Waals surface area contributed by atoms with Crippen molar-refractivity contribution in [3.8, 4) is 10.4 Å². The van der Waals surface area contributed by atoms with Crippen LogP contribution in [0.25, 0.3) is 10.4 Å². The fraction of sp³-hybridized carbons (Fsp3) is 0.421. The van der Waals surface area contributed by atoms with E-state index in [0.29, 0.717) is 0 Å². The molecule has 1 aromatic heterocycles. The van der Waals surface area contributed by atoms with E-state index in [1.54, 1.807) is 11.3 Å². The molecule has 3 fully saturated rings. The van der Waals surface area contributed by atoms with Gasteiger partial charge in [-0.3, -0.25) is 0 Å². The highest BCUT2D eigenvalue weighted by Gasteiger charge is 2.48. The Balaban J connectivity index is 1.29. The van der Waals surface area contributed by atoms with Crippen molar-refractivity contribution >= 4 is 16.5 Å². The first-order chi connectivity index (χ1) is 11.8. The Bertz CT molecular complexity index is 761. The van der Waals surface area contributed by atoms with E-state index in [1.807, 2.05) is 12.3 Å². The third-order valence-electron chi connectivity index (χ3n) is 5.73. The number of benzene rings is 1. The lowest BCUT2D eigenvalue weighted by Crippen LogP contribution is -2.64. The van der Waals surface area contributed by atoms with Crippen LogP contribution in [0.15, 0.2) is 48.4 Å². The van der Waals surface area contributed by atoms with Gasteiger partial charge in [-0.05, 0) is 49.9 Å². The molecule has 5 heterocycles. The molecule has 2 bridgehead atoms. The topological polar surface area (TPSA) is 40.2 Å². The maximum Gasteiger partial charge on any atom is 0.188 e. The number of nitrogens with one attached hydrogen (secondary N) is 2. The third kappa shape index (κ3) is 2.43. The standard InChI is InChI=1S/C19H22N4S/c1-2-4-14(5-3-1)16-12-20-18(24-16)21-17-6-9-19(22-17)13-23-10-7-15(19)8-11-23/h1-6,12,15,22H,7-11,13H2,(H,20,21). The van der Waals surface area contributed by atoms with Crippen LogP contribution in [0.5, 0.6) is 0 Å². The summed E-state index contributed by atoms with van der Waals surface area (Å²) in [7, 11) is 0. The number of piperidine rings is 3. The molecule has 1 spiro atoms. The number of fused-ring (bicyclic) bond motifs is 2. The van der Waals surface area contributed by atoms with Crippen molar-refractivity contribution < 1.29 is 0 Å². The fourth-order valence-electron chi connectivity index (χ4n) is 4.46. The summed E-state index contributed by atoms with van der Waals surface area (Å²) < 4.78 is 0. The van der Waals surface area contributed by atoms with Crippen molar-refractivity contribution in [3.63, 3.8) is 0 Å². The number of hydrogen-bond acceptors (Lipinski definition) is 5. The van der Waals surface area contributed by atoms with E-state index in [1.165, 1.54) is 42.9 Å². The molecule has 6 rings (SSSR count). The maximum absolute atomic E-state index is 4.55. The minimum atomic E-state index is 0.262. The summed E-state index contributed by atoms with van der Waals surface area (Å²) in [5.74, 6) is 1.95. The van der Waals surface area contributed by atoms with Gasteiger partial charge in [0.2, 0.25) is 0 Å². The number of rotatable bonds is 3. The molecule has 1 atom stereocenters. The van der Waals surface area contributed by atoms with Crippen LogP contribution in [0.1, 0.15) is 19.3 Å². The van der Waals surface area contributed by atoms with Crippen molar-refractivity contribution in [2.24, 2.45) is 5.92 Å². The summed E-state index contributed by atoms with van der Waals surface area (Å²) >= 11 is 1.71. The quantitative estimate of drug-likeness (QED) is 0.898. The molecule has 0 radical (unpaired) electrons. The number of aromatic nitrogens is 1. The second-order valence-electron chi connectivity index (χ2n) is 7.17. The van der Waals surface area contributed by atoms with Crippen LogP contribution in [0.4, 0.5) is 5.13 Å². The Morgan fingerprint density at radius 1 is 1.21 bits per heavy atom. The first kappa shape index (κ1) is 14.5. The maximum atomic E-state index is 4.55. The molecule has 0 aliphatic carbocycles. The molecule has 1 aromatic carbocycles. The van der Waals surface area contributed by atoms with E-state index in [0.717, 1.165) is 23.3 Å². The van der Waals surface area contributed by atoms with E-state index in [2.05, 4.69) is 50.9 Å². The molecule has 5 heteroatoms. The molecular formula is C19H22N4S. The van der Waals surface area contributed by atoms with Crippen molar-refractivity contribution in [1.29, 1.82) is 0 Å². The zero-order valence-electron chi connectivity index (χ0n) is 13.7. The van der Waals surface area contributed by atoms with Crippen LogP contribution >= 0.6 is 11.3 Å². The molecule has 4 nitrogen and oxygen atoms in total. The first-order valence-corrected chi connectivity index (χ1v) is 9.61. The lowest BCUT2D eigenvalue weighted by atomic mass is 9.72. The van der Waals surface area contributed by atoms with E-state index >= 15 is 0 Å². The fourth-order valence-corrected chi connectivity index (χ4v) is 5.30. The van der Waals surface area contributed by atoms with Gasteiger partial charge in [-0.2, -0.15) is 0 Å². The van der Waals surface area contributed by atoms with Gasteiger partial charge in [0.1, 0.15) is 5.82 Å². The van der Waals surface area contributed by atoms with Crippen molar-refractivity contribution in [1.82, 2.24) is 15.2 Å². The van der Waals surface area contributed by atoms with E-state index in [4.69, 9.17) is 0 Å². The van der Waals surface area contributed by atoms with Gasteiger partial charge in [-0.25, -0.2) is 4.98 Å². The molecule has 3 saturated heterocycles. The Kier molecular flexibility index (Phi) is 3.38. The van der Waals surface area contributed by atoms with Crippen LogP contribution in [0.2, 0.25) is 0 Å². The molecule has 2 aromatic rings. The molecule has 0 amide bonds. The Hall–Kier alpha value is -1.85. The van der Waals surface area contributed by atoms with Crippen LogP contribution in [-0.2, 0) is 0 Å². The monoisotopic (exact) mass is 338 g/mol. The molecule has 2 N–H and O–H groups in total. The smallest absolute Gasteiger partial charge is 0.188 e. The lowest BCUT2D eigenvalue weighted by Gasteiger charge is -2.52. The van der Waals surface area contributed by atoms with Crippen molar-refractivity contribution in [2.45, 2.75) is 24.8 Å². The van der Waals surface area contributed by atoms with Crippen LogP contribution in [0, 0.1) is 5.92 Å². The van der Waals surface area contributed by atoms with Gasteiger partial charge in [0.25, 0.3) is 0 Å². The largest absolute Gasteiger partial charge is 0.365 e. The molecular weight excluding hydrogens is 316 g/mol. The van der Waals surface area contributed by atoms with Gasteiger partial charge < -0.3 is 15.5 Å². The molecule has 0 saturated carbocycles. The summed E-state index contributed by atoms with van der Waals surface area (Å²) in [5.41, 5.74) is 1.49. The van der Waals surface area contributed by atoms with Gasteiger partial charge in [0.05, 0.1) is 10.4 Å². The predicted molar refractivity (Wildman–Crippen MR) is 98.9 cm³/mol. The van der Waals surface area contributed by atoms with Crippen LogP contribution < -0.4 is 10.6 Å². The summed E-state index contributed by atoms with van der Waals surface area (Å²) in [6, 6.07) is 10.4. The molecule has 24 heavy (non-hydrogen) atoms. The molecule has 124 valence electrons. The minimum absolute atomic E-state index is 0.262. The van der Waals surface area contributed by atoms with Gasteiger partial charge >= 0.3 is 0 Å². The van der Waals surface area contributed by atoms with E-state index in [9.17, 15) is 0 Å². The highest BCUT2D eigenvalue weighted by molar-refractivity contribution is 7.18. The summed E-state index contributed by atoms with van der Waals surface area (Å²) in [6.45, 7) is 3.75. The van der Waals surface area contributed by atoms with Gasteiger partial charge in [-0.1, -0.05) is 41.7 Å². The summed E-state index contributed by atoms with van der Waals surface area (Å²) in [5, 5.41) is 8.28. The second-order valence-corrected chi connectivity index (χ2v) is 8.20. The zero-order chi connectivity index (χ0) is 16.0. The van der Waals surface area contributed by atoms with Crippen molar-refractivity contribution in [2.75, 3.05) is 25.0 Å². The van der Waals surface area contributed by atoms with E-state index in [-0.39, 0.29) is 5.54 Å². The number of nitrogens with zero attached hydrogens (tertiary/aromatic N) is 2. The zero-order valence-corrected chi connectivity index (χ0v) is 14.5. The SMILES string of the molecule is C1=C(Nc2ncc(-c3ccccc3)s2)NC2(C1)CN1CCC2CC1. The predicted octanol–water partition coefficient (Wildman–Crippen LogP) is 3.52. The third-order valence-corrected chi connectivity index (χ3v) is 6.70. The highest BCUT2D eigenvalue weighted by Crippen LogP contribution is 2.41. The number of hydrogen-bond donors (Lipinski definition) is 2. The summed E-state index contributed by atoms with van der Waals surface area (Å²) in [4.78, 5) is 8.37. The van der Waals surface area contributed by atoms with Gasteiger partial charge in [0.15, 0.2) is 5.13 Å². The average molecular weight is 338 g/mol. The second kappa shape index (κ2) is 5.60. The Morgan fingerprint density at radius 2 is 2.04 bits per heavy atom. The van der Waals surface area contributed by atoms with Gasteiger partial charge in [-0.15, -0.1) is 0 Å². The molecule has 4 aliphatic heterocycles. The lowest BCUT2D eigenvalue weighted by molar-refractivity contribution is 0.0189. The average Bonchev–Trinajstić information content (AvgIpc) is 3.25. The Labute approximate surface area is 146 Å². The number of thiazole rings is 1. The van der Waals surface area contributed by atoms with Crippen molar-refractivity contribution in [3.05, 3.63) is 48.4 Å². The molecule has 1 unspecified atom stereocenters. The highest BCUT2D eigenvalue weighted by atomic mass is 32.1. The number of anilines is 1. The Morgan fingerprint density at radius 3 is 2.79 bits per heavy atom. The molecule has 4 aliphatic rings. The van der Waals surface area contributed by atoms with Gasteiger partial charge in [0, 0.05) is 12.7 Å². The van der Waals surface area contributed by atoms with Crippen LogP contribution in [-0.4, -0.2) is 35.1 Å². The summed E-state index contributed by atoms with van der Waals surface area (Å²) in [6.07, 6.45) is 8.09.